The number of aliphatic imine (C=N–C) groups is 1. The molecule has 1 atom stereocenters. The van der Waals surface area contributed by atoms with E-state index in [-0.39, 0.29) is 11.3 Å². The van der Waals surface area contributed by atoms with E-state index < -0.39 is 66.3 Å². The van der Waals surface area contributed by atoms with Crippen LogP contribution in [0.2, 0.25) is 0 Å². The predicted octanol–water partition coefficient (Wildman–Crippen LogP) is 4.81. The van der Waals surface area contributed by atoms with Gasteiger partial charge in [0, 0.05) is 23.4 Å². The Kier molecular flexibility index (Phi) is 9.59. The zero-order chi connectivity index (χ0) is 30.3. The third-order valence-electron chi connectivity index (χ3n) is 5.52. The van der Waals surface area contributed by atoms with Crippen LogP contribution >= 0.6 is 0 Å². The molecule has 0 bridgehead atoms. The van der Waals surface area contributed by atoms with Gasteiger partial charge in [-0.15, -0.1) is 5.11 Å². The molecular formula is C25H21F7N6O3. The van der Waals surface area contributed by atoms with Crippen LogP contribution in [0.25, 0.3) is 11.1 Å². The zero-order valence-electron chi connectivity index (χ0n) is 20.8. The van der Waals surface area contributed by atoms with Crippen molar-refractivity contribution in [2.75, 3.05) is 19.7 Å². The Hall–Kier alpha value is -4.60. The summed E-state index contributed by atoms with van der Waals surface area (Å²) in [6.45, 7) is -3.51. The Balaban J connectivity index is 2.05. The summed E-state index contributed by atoms with van der Waals surface area (Å²) in [5.41, 5.74) is 0.754. The smallest absolute Gasteiger partial charge is 0.422 e. The first kappa shape index (κ1) is 30.9. The van der Waals surface area contributed by atoms with E-state index >= 15 is 8.78 Å². The van der Waals surface area contributed by atoms with E-state index in [1.54, 1.807) is 0 Å². The minimum atomic E-state index is -4.53. The second-order valence-corrected chi connectivity index (χ2v) is 8.25. The molecule has 1 heterocycles. The molecule has 0 saturated heterocycles. The zero-order valence-corrected chi connectivity index (χ0v) is 20.8. The van der Waals surface area contributed by atoms with Gasteiger partial charge in [-0.3, -0.25) is 14.8 Å². The van der Waals surface area contributed by atoms with Crippen molar-refractivity contribution in [3.05, 3.63) is 83.7 Å². The molecule has 3 aromatic rings. The maximum absolute atomic E-state index is 16.3. The largest absolute Gasteiger partial charge is 0.484 e. The van der Waals surface area contributed by atoms with Gasteiger partial charge >= 0.3 is 18.1 Å². The van der Waals surface area contributed by atoms with Gasteiger partial charge in [0.05, 0.1) is 13.1 Å². The van der Waals surface area contributed by atoms with Crippen LogP contribution in [0.15, 0.2) is 76.1 Å². The molecule has 1 aromatic heterocycles. The van der Waals surface area contributed by atoms with Crippen molar-refractivity contribution < 1.29 is 45.0 Å². The molecule has 41 heavy (non-hydrogen) atoms. The first-order valence-corrected chi connectivity index (χ1v) is 11.4. The van der Waals surface area contributed by atoms with Gasteiger partial charge in [0.15, 0.2) is 6.61 Å². The number of halogens is 7. The maximum Gasteiger partial charge on any atom is 0.422 e. The third kappa shape index (κ3) is 7.33. The predicted molar refractivity (Wildman–Crippen MR) is 131 cm³/mol. The van der Waals surface area contributed by atoms with Gasteiger partial charge in [-0.05, 0) is 35.9 Å². The number of benzene rings is 2. The van der Waals surface area contributed by atoms with Gasteiger partial charge in [-0.2, -0.15) is 22.0 Å². The van der Waals surface area contributed by atoms with Gasteiger partial charge in [0.1, 0.15) is 29.4 Å². The van der Waals surface area contributed by atoms with Crippen molar-refractivity contribution in [3.8, 4) is 16.9 Å². The molecule has 16 heteroatoms. The third-order valence-corrected chi connectivity index (χ3v) is 5.52. The lowest BCUT2D eigenvalue weighted by Gasteiger charge is -2.38. The number of carbonyl (C=O) groups is 1. The molecule has 0 spiro atoms. The summed E-state index contributed by atoms with van der Waals surface area (Å²) in [5, 5.41) is 6.09. The molecule has 2 aromatic carbocycles. The van der Waals surface area contributed by atoms with Crippen LogP contribution < -0.4 is 16.3 Å². The number of pyridine rings is 1. The number of hydrogen-bond acceptors (Lipinski definition) is 7. The molecule has 0 saturated carbocycles. The molecule has 0 amide bonds. The highest BCUT2D eigenvalue weighted by Crippen LogP contribution is 2.49. The Morgan fingerprint density at radius 1 is 0.976 bits per heavy atom. The number of carbonyl (C=O) groups excluding carboxylic acids is 1. The van der Waals surface area contributed by atoms with Gasteiger partial charge in [-0.1, -0.05) is 23.4 Å². The fraction of sp³-hybridized carbons (Fsp3) is 0.240. The monoisotopic (exact) mass is 586 g/mol. The molecular weight excluding hydrogens is 565 g/mol. The Labute approximate surface area is 227 Å². The van der Waals surface area contributed by atoms with Crippen LogP contribution in [0.3, 0.4) is 0 Å². The van der Waals surface area contributed by atoms with E-state index in [0.29, 0.717) is 30.1 Å². The Morgan fingerprint density at radius 3 is 2.22 bits per heavy atom. The van der Waals surface area contributed by atoms with Crippen molar-refractivity contribution in [3.63, 3.8) is 0 Å². The standard InChI is InChI=1S/C25H21F7N6O3/c26-17-4-7-19(20(27)9-17)23(41-22(39)10-33,12-35-14-37-38-34)25(31,32)21-8-3-16(11-36-21)15-1-5-18(6-2-15)40-13-24(28,29)30/h1-9,11,14H,10,12-13,33H2,(H2,34,35,37). The van der Waals surface area contributed by atoms with E-state index in [2.05, 4.69) is 25.1 Å². The number of rotatable bonds is 11. The molecule has 9 nitrogen and oxygen atoms in total. The summed E-state index contributed by atoms with van der Waals surface area (Å²) in [6.07, 6.45) is -2.87. The van der Waals surface area contributed by atoms with Crippen molar-refractivity contribution in [1.29, 1.82) is 0 Å². The number of aromatic nitrogens is 1. The summed E-state index contributed by atoms with van der Waals surface area (Å²) < 4.78 is 108. The minimum absolute atomic E-state index is 0.0789. The van der Waals surface area contributed by atoms with E-state index in [0.717, 1.165) is 12.3 Å². The second kappa shape index (κ2) is 12.7. The summed E-state index contributed by atoms with van der Waals surface area (Å²) in [4.78, 5) is 19.6. The number of alkyl halides is 5. The van der Waals surface area contributed by atoms with E-state index in [1.807, 2.05) is 0 Å². The molecule has 0 fully saturated rings. The SMILES string of the molecule is NCC(=O)OC(CN=CN=NN)(c1ccc(F)cc1F)C(F)(F)c1ccc(-c2ccc(OCC(F)(F)F)cc2)cn1. The molecule has 1 unspecified atom stereocenters. The van der Waals surface area contributed by atoms with E-state index in [9.17, 15) is 26.7 Å². The maximum atomic E-state index is 16.3. The van der Waals surface area contributed by atoms with E-state index in [4.69, 9.17) is 16.3 Å². The molecule has 0 aliphatic carbocycles. The van der Waals surface area contributed by atoms with Crippen molar-refractivity contribution in [2.24, 2.45) is 26.9 Å². The highest BCUT2D eigenvalue weighted by Gasteiger charge is 2.61. The summed E-state index contributed by atoms with van der Waals surface area (Å²) in [6, 6.07) is 8.97. The minimum Gasteiger partial charge on any atom is -0.484 e. The van der Waals surface area contributed by atoms with Crippen LogP contribution in [0, 0.1) is 11.6 Å². The molecule has 4 N–H and O–H groups in total. The number of hydrogen-bond donors (Lipinski definition) is 2. The molecule has 0 aliphatic rings. The lowest BCUT2D eigenvalue weighted by Crippen LogP contribution is -2.51. The quantitative estimate of drug-likeness (QED) is 0.0629. The first-order valence-electron chi connectivity index (χ1n) is 11.4. The van der Waals surface area contributed by atoms with Gasteiger partial charge in [0.25, 0.3) is 0 Å². The topological polar surface area (TPSA) is 138 Å². The number of nitrogens with two attached hydrogens (primary N) is 2. The summed E-state index contributed by atoms with van der Waals surface area (Å²) >= 11 is 0. The number of esters is 1. The fourth-order valence-electron chi connectivity index (χ4n) is 3.66. The van der Waals surface area contributed by atoms with Crippen molar-refractivity contribution in [2.45, 2.75) is 17.7 Å². The van der Waals surface area contributed by atoms with Crippen LogP contribution in [-0.4, -0.2) is 43.2 Å². The van der Waals surface area contributed by atoms with Gasteiger partial charge in [0.2, 0.25) is 5.60 Å². The lowest BCUT2D eigenvalue weighted by atomic mass is 9.84. The average Bonchev–Trinajstić information content (AvgIpc) is 2.93. The first-order chi connectivity index (χ1) is 19.3. The summed E-state index contributed by atoms with van der Waals surface area (Å²) in [7, 11) is 0. The van der Waals surface area contributed by atoms with Gasteiger partial charge < -0.3 is 21.1 Å². The summed E-state index contributed by atoms with van der Waals surface area (Å²) in [5.74, 6) is -3.47. The van der Waals surface area contributed by atoms with Crippen molar-refractivity contribution >= 4 is 12.3 Å². The molecule has 3 rings (SSSR count). The molecule has 0 radical (unpaired) electrons. The van der Waals surface area contributed by atoms with Crippen molar-refractivity contribution in [1.82, 2.24) is 4.98 Å². The second-order valence-electron chi connectivity index (χ2n) is 8.25. The normalized spacial score (nSPS) is 13.9. The van der Waals surface area contributed by atoms with Crippen LogP contribution in [-0.2, 0) is 21.1 Å². The number of nitrogens with zero attached hydrogens (tertiary/aromatic N) is 4. The molecule has 0 aliphatic heterocycles. The Morgan fingerprint density at radius 2 is 1.66 bits per heavy atom. The fourth-order valence-corrected chi connectivity index (χ4v) is 3.66. The Bertz CT molecular complexity index is 1400. The molecule has 218 valence electrons. The van der Waals surface area contributed by atoms with Crippen LogP contribution in [0.5, 0.6) is 5.75 Å². The van der Waals surface area contributed by atoms with Crippen LogP contribution in [0.1, 0.15) is 11.3 Å². The number of ether oxygens (including phenoxy) is 2. The highest BCUT2D eigenvalue weighted by atomic mass is 19.4. The van der Waals surface area contributed by atoms with E-state index in [1.165, 1.54) is 30.3 Å². The van der Waals surface area contributed by atoms with Crippen LogP contribution in [0.4, 0.5) is 30.7 Å². The highest BCUT2D eigenvalue weighted by molar-refractivity contribution is 5.72. The average molecular weight is 586 g/mol. The lowest BCUT2D eigenvalue weighted by molar-refractivity contribution is -0.221. The van der Waals surface area contributed by atoms with Gasteiger partial charge in [-0.25, -0.2) is 8.78 Å².